The summed E-state index contributed by atoms with van der Waals surface area (Å²) in [4.78, 5) is 26.5. The van der Waals surface area contributed by atoms with Crippen LogP contribution in [-0.2, 0) is 11.3 Å². The molecule has 0 aromatic heterocycles. The summed E-state index contributed by atoms with van der Waals surface area (Å²) in [7, 11) is 1.63. The highest BCUT2D eigenvalue weighted by atomic mass is 32.2. The molecule has 0 radical (unpaired) electrons. The van der Waals surface area contributed by atoms with Gasteiger partial charge in [-0.25, -0.2) is 0 Å². The number of carbonyl (C=O) groups is 1. The molecule has 0 fully saturated rings. The Morgan fingerprint density at radius 3 is 2.43 bits per heavy atom. The van der Waals surface area contributed by atoms with E-state index in [4.69, 9.17) is 4.74 Å². The third kappa shape index (κ3) is 4.16. The number of nitro groups is 1. The summed E-state index contributed by atoms with van der Waals surface area (Å²) < 4.78 is 5.24. The molecule has 7 heteroatoms. The lowest BCUT2D eigenvalue weighted by molar-refractivity contribution is -0.384. The van der Waals surface area contributed by atoms with Gasteiger partial charge in [-0.15, -0.1) is 11.8 Å². The summed E-state index contributed by atoms with van der Waals surface area (Å²) >= 11 is 1.68. The van der Waals surface area contributed by atoms with Gasteiger partial charge in [0.1, 0.15) is 5.75 Å². The Morgan fingerprint density at radius 1 is 1.07 bits per heavy atom. The number of hydrogen-bond donors (Lipinski definition) is 0. The van der Waals surface area contributed by atoms with Crippen molar-refractivity contribution in [1.29, 1.82) is 0 Å². The van der Waals surface area contributed by atoms with Crippen molar-refractivity contribution in [3.8, 4) is 5.75 Å². The smallest absolute Gasteiger partial charge is 0.269 e. The summed E-state index contributed by atoms with van der Waals surface area (Å²) in [6, 6.07) is 22.0. The van der Waals surface area contributed by atoms with E-state index in [0.29, 0.717) is 13.0 Å². The molecule has 30 heavy (non-hydrogen) atoms. The zero-order valence-electron chi connectivity index (χ0n) is 16.4. The van der Waals surface area contributed by atoms with Gasteiger partial charge >= 0.3 is 0 Å². The lowest BCUT2D eigenvalue weighted by Crippen LogP contribution is -2.30. The Hall–Kier alpha value is -3.32. The molecule has 1 amide bonds. The number of rotatable bonds is 5. The van der Waals surface area contributed by atoms with Crippen LogP contribution in [0.25, 0.3) is 0 Å². The van der Waals surface area contributed by atoms with Crippen LogP contribution in [0.1, 0.15) is 22.8 Å². The number of ether oxygens (including phenoxy) is 1. The highest BCUT2D eigenvalue weighted by Crippen LogP contribution is 2.46. The minimum Gasteiger partial charge on any atom is -0.497 e. The fraction of sp³-hybridized carbons (Fsp3) is 0.174. The molecule has 0 aliphatic carbocycles. The number of fused-ring (bicyclic) bond motifs is 1. The third-order valence-corrected chi connectivity index (χ3v) is 6.38. The van der Waals surface area contributed by atoms with Gasteiger partial charge in [-0.1, -0.05) is 36.4 Å². The molecule has 1 unspecified atom stereocenters. The molecule has 0 saturated carbocycles. The molecule has 6 nitrogen and oxygen atoms in total. The second-order valence-corrected chi connectivity index (χ2v) is 8.20. The van der Waals surface area contributed by atoms with Crippen LogP contribution in [0.2, 0.25) is 0 Å². The fourth-order valence-electron chi connectivity index (χ4n) is 3.46. The van der Waals surface area contributed by atoms with Crippen LogP contribution in [-0.4, -0.2) is 17.9 Å². The SMILES string of the molecule is COc1ccc(C2CC(=O)N(Cc3ccc([N+](=O)[O-])cc3)c3ccccc3S2)cc1. The van der Waals surface area contributed by atoms with E-state index >= 15 is 0 Å². The quantitative estimate of drug-likeness (QED) is 0.410. The predicted octanol–water partition coefficient (Wildman–Crippen LogP) is 5.37. The number of methoxy groups -OCH3 is 1. The first-order valence-electron chi connectivity index (χ1n) is 9.48. The predicted molar refractivity (Wildman–Crippen MR) is 117 cm³/mol. The number of carbonyl (C=O) groups excluding carboxylic acids is 1. The van der Waals surface area contributed by atoms with Crippen molar-refractivity contribution >= 4 is 29.0 Å². The molecule has 1 atom stereocenters. The van der Waals surface area contributed by atoms with Gasteiger partial charge in [0.15, 0.2) is 0 Å². The van der Waals surface area contributed by atoms with Gasteiger partial charge in [-0.3, -0.25) is 14.9 Å². The van der Waals surface area contributed by atoms with Crippen molar-refractivity contribution in [2.24, 2.45) is 0 Å². The second kappa shape index (κ2) is 8.59. The maximum Gasteiger partial charge on any atom is 0.269 e. The number of hydrogen-bond acceptors (Lipinski definition) is 5. The molecule has 1 aliphatic rings. The summed E-state index contributed by atoms with van der Waals surface area (Å²) in [5.41, 5.74) is 2.82. The number of nitrogens with zero attached hydrogens (tertiary/aromatic N) is 2. The molecule has 0 saturated heterocycles. The molecular formula is C23H20N2O4S. The molecule has 3 aromatic carbocycles. The zero-order valence-corrected chi connectivity index (χ0v) is 17.2. The number of thioether (sulfide) groups is 1. The van der Waals surface area contributed by atoms with E-state index in [-0.39, 0.29) is 16.8 Å². The lowest BCUT2D eigenvalue weighted by Gasteiger charge is -2.22. The molecule has 3 aromatic rings. The normalized spacial score (nSPS) is 16.0. The van der Waals surface area contributed by atoms with Crippen molar-refractivity contribution in [3.63, 3.8) is 0 Å². The van der Waals surface area contributed by atoms with Crippen molar-refractivity contribution in [1.82, 2.24) is 0 Å². The minimum absolute atomic E-state index is 0.00795. The molecule has 4 rings (SSSR count). The van der Waals surface area contributed by atoms with Crippen LogP contribution in [0.4, 0.5) is 11.4 Å². The van der Waals surface area contributed by atoms with Gasteiger partial charge in [0.2, 0.25) is 5.91 Å². The first kappa shape index (κ1) is 20.0. The van der Waals surface area contributed by atoms with Crippen LogP contribution in [0.15, 0.2) is 77.7 Å². The van der Waals surface area contributed by atoms with Gasteiger partial charge in [0, 0.05) is 28.7 Å². The Kier molecular flexibility index (Phi) is 5.72. The monoisotopic (exact) mass is 420 g/mol. The van der Waals surface area contributed by atoms with E-state index in [1.54, 1.807) is 35.9 Å². The lowest BCUT2D eigenvalue weighted by atomic mass is 10.1. The van der Waals surface area contributed by atoms with E-state index < -0.39 is 4.92 Å². The number of nitro benzene ring substituents is 1. The molecule has 0 bridgehead atoms. The van der Waals surface area contributed by atoms with Crippen LogP contribution in [0.5, 0.6) is 5.75 Å². The summed E-state index contributed by atoms with van der Waals surface area (Å²) in [5.74, 6) is 0.801. The largest absolute Gasteiger partial charge is 0.497 e. The number of non-ortho nitro benzene ring substituents is 1. The minimum atomic E-state index is -0.424. The van der Waals surface area contributed by atoms with Gasteiger partial charge in [-0.2, -0.15) is 0 Å². The molecule has 1 aliphatic heterocycles. The summed E-state index contributed by atoms with van der Waals surface area (Å²) in [6.45, 7) is 0.365. The molecule has 152 valence electrons. The highest BCUT2D eigenvalue weighted by molar-refractivity contribution is 7.99. The number of amides is 1. The third-order valence-electron chi connectivity index (χ3n) is 5.06. The standard InChI is InChI=1S/C23H20N2O4S/c1-29-19-12-8-17(9-13-19)22-14-23(26)24(20-4-2-3-5-21(20)30-22)15-16-6-10-18(11-7-16)25(27)28/h2-13,22H,14-15H2,1H3. The van der Waals surface area contributed by atoms with Crippen LogP contribution in [0.3, 0.4) is 0 Å². The van der Waals surface area contributed by atoms with E-state index in [1.807, 2.05) is 48.5 Å². The van der Waals surface area contributed by atoms with Gasteiger partial charge in [0.05, 0.1) is 24.3 Å². The molecular weight excluding hydrogens is 400 g/mol. The summed E-state index contributed by atoms with van der Waals surface area (Å²) in [6.07, 6.45) is 0.360. The molecule has 0 spiro atoms. The maximum atomic E-state index is 13.2. The van der Waals surface area contributed by atoms with Crippen LogP contribution in [0, 0.1) is 10.1 Å². The van der Waals surface area contributed by atoms with E-state index in [0.717, 1.165) is 27.5 Å². The van der Waals surface area contributed by atoms with E-state index in [9.17, 15) is 14.9 Å². The first-order chi connectivity index (χ1) is 14.5. The Labute approximate surface area is 178 Å². The van der Waals surface area contributed by atoms with Crippen molar-refractivity contribution in [3.05, 3.63) is 94.0 Å². The fourth-order valence-corrected chi connectivity index (χ4v) is 4.74. The Morgan fingerprint density at radius 2 is 1.77 bits per heavy atom. The van der Waals surface area contributed by atoms with Gasteiger partial charge in [0.25, 0.3) is 5.69 Å². The average molecular weight is 420 g/mol. The van der Waals surface area contributed by atoms with Gasteiger partial charge in [-0.05, 0) is 35.4 Å². The van der Waals surface area contributed by atoms with E-state index in [1.165, 1.54) is 12.1 Å². The number of anilines is 1. The van der Waals surface area contributed by atoms with Crippen LogP contribution < -0.4 is 9.64 Å². The van der Waals surface area contributed by atoms with Crippen molar-refractivity contribution < 1.29 is 14.5 Å². The Bertz CT molecular complexity index is 1070. The Balaban J connectivity index is 1.64. The molecule has 0 N–H and O–H groups in total. The highest BCUT2D eigenvalue weighted by Gasteiger charge is 2.29. The first-order valence-corrected chi connectivity index (χ1v) is 10.4. The number of benzene rings is 3. The summed E-state index contributed by atoms with van der Waals surface area (Å²) in [5, 5.41) is 10.9. The number of para-hydroxylation sites is 1. The van der Waals surface area contributed by atoms with E-state index in [2.05, 4.69) is 0 Å². The average Bonchev–Trinajstić information content (AvgIpc) is 2.91. The van der Waals surface area contributed by atoms with Crippen molar-refractivity contribution in [2.45, 2.75) is 23.1 Å². The second-order valence-electron chi connectivity index (χ2n) is 6.95. The van der Waals surface area contributed by atoms with Crippen molar-refractivity contribution in [2.75, 3.05) is 12.0 Å². The molecule has 1 heterocycles. The van der Waals surface area contributed by atoms with Gasteiger partial charge < -0.3 is 9.64 Å². The zero-order chi connectivity index (χ0) is 21.1. The van der Waals surface area contributed by atoms with Crippen LogP contribution >= 0.6 is 11.8 Å². The topological polar surface area (TPSA) is 72.7 Å². The maximum absolute atomic E-state index is 13.2.